The summed E-state index contributed by atoms with van der Waals surface area (Å²) in [5, 5.41) is 2.73. The summed E-state index contributed by atoms with van der Waals surface area (Å²) >= 11 is 0. The molecule has 0 spiro atoms. The van der Waals surface area contributed by atoms with Crippen LogP contribution in [0.2, 0.25) is 0 Å². The molecule has 0 saturated heterocycles. The van der Waals surface area contributed by atoms with Gasteiger partial charge in [0.2, 0.25) is 0 Å². The van der Waals surface area contributed by atoms with E-state index in [1.807, 2.05) is 0 Å². The first-order valence-electron chi connectivity index (χ1n) is 2.07. The molecule has 44 valence electrons. The Morgan fingerprint density at radius 1 is 1.43 bits per heavy atom. The minimum atomic E-state index is -1.06. The van der Waals surface area contributed by atoms with Gasteiger partial charge in [-0.25, -0.2) is 0 Å². The molecule has 0 atom stereocenters. The third kappa shape index (κ3) is 5.84. The Balaban J connectivity index is 3.15. The second kappa shape index (κ2) is 2.23. The van der Waals surface area contributed by atoms with Gasteiger partial charge in [0.15, 0.2) is 0 Å². The van der Waals surface area contributed by atoms with Crippen LogP contribution in [0.4, 0.5) is 0 Å². The van der Waals surface area contributed by atoms with E-state index in [-0.39, 0.29) is 0 Å². The monoisotopic (exact) mass is 104 g/mol. The number of rotatable bonds is 2. The van der Waals surface area contributed by atoms with Crippen molar-refractivity contribution in [1.82, 2.24) is 5.32 Å². The normalized spacial score (nSPS) is 12.0. The zero-order chi connectivity index (χ0) is 5.91. The SMILES string of the molecule is CNCC(N)(N)N. The Morgan fingerprint density at radius 2 is 1.86 bits per heavy atom. The summed E-state index contributed by atoms with van der Waals surface area (Å²) < 4.78 is 0. The van der Waals surface area contributed by atoms with Crippen molar-refractivity contribution in [3.05, 3.63) is 0 Å². The lowest BCUT2D eigenvalue weighted by Crippen LogP contribution is -2.63. The summed E-state index contributed by atoms with van der Waals surface area (Å²) in [6, 6.07) is 0. The van der Waals surface area contributed by atoms with E-state index < -0.39 is 5.79 Å². The zero-order valence-electron chi connectivity index (χ0n) is 4.44. The fourth-order valence-corrected chi connectivity index (χ4v) is 0.306. The molecule has 7 N–H and O–H groups in total. The Hall–Kier alpha value is -0.160. The van der Waals surface area contributed by atoms with Gasteiger partial charge in [-0.1, -0.05) is 0 Å². The maximum atomic E-state index is 5.14. The Labute approximate surface area is 43.0 Å². The third-order valence-electron chi connectivity index (χ3n) is 0.483. The van der Waals surface area contributed by atoms with Crippen molar-refractivity contribution in [2.75, 3.05) is 13.6 Å². The van der Waals surface area contributed by atoms with Gasteiger partial charge in [-0.3, -0.25) is 0 Å². The van der Waals surface area contributed by atoms with Crippen molar-refractivity contribution in [3.63, 3.8) is 0 Å². The van der Waals surface area contributed by atoms with Gasteiger partial charge in [0, 0.05) is 6.54 Å². The molecule has 0 rings (SSSR count). The molecule has 0 heterocycles. The molecule has 4 nitrogen and oxygen atoms in total. The largest absolute Gasteiger partial charge is 0.315 e. The molecule has 0 bridgehead atoms. The average Bonchev–Trinajstić information content (AvgIpc) is 1.30. The highest BCUT2D eigenvalue weighted by molar-refractivity contribution is 4.68. The van der Waals surface area contributed by atoms with Crippen LogP contribution in [-0.2, 0) is 0 Å². The predicted octanol–water partition coefficient (Wildman–Crippen LogP) is -2.26. The van der Waals surface area contributed by atoms with Crippen LogP contribution in [0.5, 0.6) is 0 Å². The highest BCUT2D eigenvalue weighted by atomic mass is 15.2. The van der Waals surface area contributed by atoms with Crippen LogP contribution < -0.4 is 22.5 Å². The van der Waals surface area contributed by atoms with E-state index in [4.69, 9.17) is 17.2 Å². The molecule has 0 aliphatic heterocycles. The van der Waals surface area contributed by atoms with Gasteiger partial charge in [0.05, 0.1) is 0 Å². The third-order valence-corrected chi connectivity index (χ3v) is 0.483. The van der Waals surface area contributed by atoms with E-state index in [2.05, 4.69) is 5.32 Å². The van der Waals surface area contributed by atoms with E-state index in [1.165, 1.54) is 0 Å². The summed E-state index contributed by atoms with van der Waals surface area (Å²) in [5.41, 5.74) is 15.4. The zero-order valence-corrected chi connectivity index (χ0v) is 4.44. The predicted molar refractivity (Wildman–Crippen MR) is 29.2 cm³/mol. The smallest absolute Gasteiger partial charge is 0.128 e. The fraction of sp³-hybridized carbons (Fsp3) is 1.00. The quantitative estimate of drug-likeness (QED) is 0.297. The number of hydrogen-bond donors (Lipinski definition) is 4. The van der Waals surface area contributed by atoms with Gasteiger partial charge >= 0.3 is 0 Å². The first-order valence-corrected chi connectivity index (χ1v) is 2.07. The lowest BCUT2D eigenvalue weighted by molar-refractivity contribution is 0.440. The Morgan fingerprint density at radius 3 is 1.86 bits per heavy atom. The number of hydrogen-bond acceptors (Lipinski definition) is 4. The van der Waals surface area contributed by atoms with Crippen LogP contribution in [-0.4, -0.2) is 19.4 Å². The highest BCUT2D eigenvalue weighted by Gasteiger charge is 2.07. The summed E-state index contributed by atoms with van der Waals surface area (Å²) in [5.74, 6) is -1.06. The van der Waals surface area contributed by atoms with E-state index in [1.54, 1.807) is 7.05 Å². The van der Waals surface area contributed by atoms with Crippen LogP contribution in [0.15, 0.2) is 0 Å². The van der Waals surface area contributed by atoms with Gasteiger partial charge < -0.3 is 22.5 Å². The van der Waals surface area contributed by atoms with E-state index in [0.29, 0.717) is 6.54 Å². The summed E-state index contributed by atoms with van der Waals surface area (Å²) in [6.45, 7) is 0.424. The van der Waals surface area contributed by atoms with Gasteiger partial charge in [-0.15, -0.1) is 0 Å². The maximum absolute atomic E-state index is 5.14. The molecule has 0 aromatic heterocycles. The van der Waals surface area contributed by atoms with Crippen molar-refractivity contribution in [2.45, 2.75) is 5.79 Å². The molecular weight excluding hydrogens is 92.1 g/mol. The molecule has 4 heteroatoms. The Bertz CT molecular complexity index is 45.4. The van der Waals surface area contributed by atoms with Crippen molar-refractivity contribution in [2.24, 2.45) is 17.2 Å². The lowest BCUT2D eigenvalue weighted by atomic mass is 10.4. The summed E-state index contributed by atoms with van der Waals surface area (Å²) in [7, 11) is 1.74. The van der Waals surface area contributed by atoms with Crippen LogP contribution in [0.25, 0.3) is 0 Å². The van der Waals surface area contributed by atoms with Crippen molar-refractivity contribution in [1.29, 1.82) is 0 Å². The average molecular weight is 104 g/mol. The molecule has 0 aromatic rings. The molecule has 7 heavy (non-hydrogen) atoms. The second-order valence-electron chi connectivity index (χ2n) is 1.64. The second-order valence-corrected chi connectivity index (χ2v) is 1.64. The highest BCUT2D eigenvalue weighted by Crippen LogP contribution is 1.67. The van der Waals surface area contributed by atoms with Crippen molar-refractivity contribution in [3.8, 4) is 0 Å². The van der Waals surface area contributed by atoms with Gasteiger partial charge in [-0.2, -0.15) is 0 Å². The van der Waals surface area contributed by atoms with Crippen LogP contribution in [0.3, 0.4) is 0 Å². The standard InChI is InChI=1S/C3H12N4/c1-7-2-3(4,5)6/h7H,2,4-6H2,1H3. The molecule has 0 saturated carbocycles. The molecular formula is C3H12N4. The molecule has 0 aliphatic carbocycles. The van der Waals surface area contributed by atoms with Crippen molar-refractivity contribution >= 4 is 0 Å². The van der Waals surface area contributed by atoms with E-state index >= 15 is 0 Å². The van der Waals surface area contributed by atoms with Crippen LogP contribution in [0, 0.1) is 0 Å². The number of nitrogens with two attached hydrogens (primary N) is 3. The van der Waals surface area contributed by atoms with Crippen LogP contribution in [0.1, 0.15) is 0 Å². The molecule has 0 aliphatic rings. The van der Waals surface area contributed by atoms with Gasteiger partial charge in [0.1, 0.15) is 5.79 Å². The van der Waals surface area contributed by atoms with E-state index in [0.717, 1.165) is 0 Å². The minimum absolute atomic E-state index is 0.424. The molecule has 0 aromatic carbocycles. The topological polar surface area (TPSA) is 90.1 Å². The van der Waals surface area contributed by atoms with Crippen LogP contribution >= 0.6 is 0 Å². The van der Waals surface area contributed by atoms with Gasteiger partial charge in [-0.05, 0) is 7.05 Å². The van der Waals surface area contributed by atoms with Crippen molar-refractivity contribution < 1.29 is 0 Å². The first kappa shape index (κ1) is 6.84. The Kier molecular flexibility index (Phi) is 2.17. The number of nitrogens with one attached hydrogen (secondary N) is 1. The maximum Gasteiger partial charge on any atom is 0.128 e. The summed E-state index contributed by atoms with van der Waals surface area (Å²) in [6.07, 6.45) is 0. The molecule has 0 fully saturated rings. The summed E-state index contributed by atoms with van der Waals surface area (Å²) in [4.78, 5) is 0. The molecule has 0 unspecified atom stereocenters. The lowest BCUT2D eigenvalue weighted by Gasteiger charge is -2.16. The molecule has 0 radical (unpaired) electrons. The molecule has 0 amide bonds. The number of likely N-dealkylation sites (N-methyl/N-ethyl adjacent to an activating group) is 1. The minimum Gasteiger partial charge on any atom is -0.315 e. The fourth-order valence-electron chi connectivity index (χ4n) is 0.306. The van der Waals surface area contributed by atoms with Gasteiger partial charge in [0.25, 0.3) is 0 Å². The van der Waals surface area contributed by atoms with E-state index in [9.17, 15) is 0 Å². The first-order chi connectivity index (χ1) is 3.06.